The lowest BCUT2D eigenvalue weighted by Crippen LogP contribution is -2.37. The van der Waals surface area contributed by atoms with E-state index in [1.165, 1.54) is 0 Å². The van der Waals surface area contributed by atoms with E-state index in [2.05, 4.69) is 15.5 Å². The Labute approximate surface area is 140 Å². The molecule has 2 amide bonds. The lowest BCUT2D eigenvalue weighted by atomic mass is 9.95. The standard InChI is InChI=1S/C16H23N5O3/c1-20-10-16(24-15(20)23)4-2-7-21(8-5-16)14(22)13-11-3-6-17-9-12(11)18-19-13/h17H,2-10H2,1H3,(H,18,19). The highest BCUT2D eigenvalue weighted by molar-refractivity contribution is 5.94. The van der Waals surface area contributed by atoms with Gasteiger partial charge in [-0.05, 0) is 25.8 Å². The molecular formula is C16H23N5O3. The fourth-order valence-electron chi connectivity index (χ4n) is 3.99. The van der Waals surface area contributed by atoms with Crippen LogP contribution < -0.4 is 5.32 Å². The molecule has 0 bridgehead atoms. The quantitative estimate of drug-likeness (QED) is 0.781. The number of nitrogens with one attached hydrogen (secondary N) is 2. The summed E-state index contributed by atoms with van der Waals surface area (Å²) >= 11 is 0. The molecular weight excluding hydrogens is 310 g/mol. The molecule has 0 aromatic carbocycles. The zero-order valence-corrected chi connectivity index (χ0v) is 13.9. The lowest BCUT2D eigenvalue weighted by Gasteiger charge is -2.25. The van der Waals surface area contributed by atoms with Crippen molar-refractivity contribution in [1.29, 1.82) is 0 Å². The zero-order valence-electron chi connectivity index (χ0n) is 13.9. The molecule has 1 spiro atoms. The minimum atomic E-state index is -0.435. The topological polar surface area (TPSA) is 90.6 Å². The van der Waals surface area contributed by atoms with E-state index in [9.17, 15) is 9.59 Å². The molecule has 1 aromatic heterocycles. The van der Waals surface area contributed by atoms with E-state index in [1.54, 1.807) is 11.9 Å². The zero-order chi connectivity index (χ0) is 16.7. The van der Waals surface area contributed by atoms with Gasteiger partial charge in [-0.3, -0.25) is 9.89 Å². The number of likely N-dealkylation sites (tertiary alicyclic amines) is 1. The molecule has 1 aromatic rings. The first-order valence-electron chi connectivity index (χ1n) is 8.58. The van der Waals surface area contributed by atoms with E-state index in [0.29, 0.717) is 31.7 Å². The fraction of sp³-hybridized carbons (Fsp3) is 0.688. The molecule has 0 aliphatic carbocycles. The molecule has 8 heteroatoms. The van der Waals surface area contributed by atoms with Gasteiger partial charge in [0.2, 0.25) is 0 Å². The van der Waals surface area contributed by atoms with E-state index in [1.807, 2.05) is 4.90 Å². The van der Waals surface area contributed by atoms with Crippen molar-refractivity contribution in [3.63, 3.8) is 0 Å². The largest absolute Gasteiger partial charge is 0.441 e. The first-order chi connectivity index (χ1) is 11.6. The molecule has 1 atom stereocenters. The van der Waals surface area contributed by atoms with Crippen LogP contribution in [0.5, 0.6) is 0 Å². The number of H-pyrrole nitrogens is 1. The lowest BCUT2D eigenvalue weighted by molar-refractivity contribution is 0.0438. The predicted octanol–water partition coefficient (Wildman–Crippen LogP) is 0.502. The molecule has 4 heterocycles. The van der Waals surface area contributed by atoms with Crippen LogP contribution in [-0.2, 0) is 17.7 Å². The number of carbonyl (C=O) groups excluding carboxylic acids is 2. The minimum Gasteiger partial charge on any atom is -0.441 e. The summed E-state index contributed by atoms with van der Waals surface area (Å²) < 4.78 is 5.61. The van der Waals surface area contributed by atoms with Gasteiger partial charge in [0.1, 0.15) is 5.60 Å². The fourth-order valence-corrected chi connectivity index (χ4v) is 3.99. The summed E-state index contributed by atoms with van der Waals surface area (Å²) in [6.07, 6.45) is 2.88. The second-order valence-electron chi connectivity index (χ2n) is 7.01. The van der Waals surface area contributed by atoms with Crippen LogP contribution >= 0.6 is 0 Å². The molecule has 3 aliphatic rings. The Bertz CT molecular complexity index is 673. The van der Waals surface area contributed by atoms with Gasteiger partial charge in [-0.15, -0.1) is 0 Å². The van der Waals surface area contributed by atoms with E-state index in [4.69, 9.17) is 4.74 Å². The normalized spacial score (nSPS) is 27.1. The molecule has 2 saturated heterocycles. The highest BCUT2D eigenvalue weighted by atomic mass is 16.6. The molecule has 0 saturated carbocycles. The minimum absolute atomic E-state index is 0.0101. The van der Waals surface area contributed by atoms with Crippen LogP contribution in [0.3, 0.4) is 0 Å². The third kappa shape index (κ3) is 2.54. The van der Waals surface area contributed by atoms with Gasteiger partial charge >= 0.3 is 6.09 Å². The van der Waals surface area contributed by atoms with Crippen molar-refractivity contribution in [2.24, 2.45) is 0 Å². The van der Waals surface area contributed by atoms with Crippen molar-refractivity contribution in [1.82, 2.24) is 25.3 Å². The number of aromatic amines is 1. The monoisotopic (exact) mass is 333 g/mol. The van der Waals surface area contributed by atoms with Crippen molar-refractivity contribution in [2.45, 2.75) is 37.8 Å². The number of likely N-dealkylation sites (N-methyl/N-ethyl adjacent to an activating group) is 1. The van der Waals surface area contributed by atoms with Crippen molar-refractivity contribution >= 4 is 12.0 Å². The molecule has 24 heavy (non-hydrogen) atoms. The number of nitrogens with zero attached hydrogens (tertiary/aromatic N) is 3. The van der Waals surface area contributed by atoms with E-state index in [0.717, 1.165) is 43.6 Å². The number of ether oxygens (including phenoxy) is 1. The Balaban J connectivity index is 1.49. The van der Waals surface area contributed by atoms with Crippen molar-refractivity contribution in [2.75, 3.05) is 33.2 Å². The molecule has 2 N–H and O–H groups in total. The van der Waals surface area contributed by atoms with Gasteiger partial charge < -0.3 is 19.9 Å². The summed E-state index contributed by atoms with van der Waals surface area (Å²) in [7, 11) is 1.76. The van der Waals surface area contributed by atoms with E-state index in [-0.39, 0.29) is 12.0 Å². The number of carbonyl (C=O) groups is 2. The Morgan fingerprint density at radius 2 is 2.21 bits per heavy atom. The molecule has 1 unspecified atom stereocenters. The number of rotatable bonds is 1. The smallest absolute Gasteiger partial charge is 0.410 e. The maximum atomic E-state index is 12.9. The number of aromatic nitrogens is 2. The molecule has 130 valence electrons. The molecule has 8 nitrogen and oxygen atoms in total. The summed E-state index contributed by atoms with van der Waals surface area (Å²) in [6, 6.07) is 0. The number of hydrogen-bond acceptors (Lipinski definition) is 5. The van der Waals surface area contributed by atoms with Crippen molar-refractivity contribution < 1.29 is 14.3 Å². The van der Waals surface area contributed by atoms with Crippen LogP contribution in [0.25, 0.3) is 0 Å². The number of fused-ring (bicyclic) bond motifs is 1. The van der Waals surface area contributed by atoms with Gasteiger partial charge in [-0.2, -0.15) is 5.10 Å². The number of hydrogen-bond donors (Lipinski definition) is 2. The van der Waals surface area contributed by atoms with Gasteiger partial charge in [-0.25, -0.2) is 4.79 Å². The summed E-state index contributed by atoms with van der Waals surface area (Å²) in [5.74, 6) is -0.0101. The van der Waals surface area contributed by atoms with Crippen LogP contribution in [0.15, 0.2) is 0 Å². The van der Waals surface area contributed by atoms with Crippen LogP contribution in [-0.4, -0.2) is 70.8 Å². The SMILES string of the molecule is CN1CC2(CCCN(C(=O)c3n[nH]c4c3CCNC4)CC2)OC1=O. The van der Waals surface area contributed by atoms with E-state index >= 15 is 0 Å². The van der Waals surface area contributed by atoms with Crippen LogP contribution in [0.1, 0.15) is 41.0 Å². The molecule has 4 rings (SSSR count). The Morgan fingerprint density at radius 1 is 1.33 bits per heavy atom. The van der Waals surface area contributed by atoms with Gasteiger partial charge in [0.05, 0.1) is 12.2 Å². The number of amides is 2. The van der Waals surface area contributed by atoms with Crippen LogP contribution in [0, 0.1) is 0 Å². The summed E-state index contributed by atoms with van der Waals surface area (Å²) in [6.45, 7) is 3.50. The predicted molar refractivity (Wildman–Crippen MR) is 85.6 cm³/mol. The third-order valence-electron chi connectivity index (χ3n) is 5.33. The highest BCUT2D eigenvalue weighted by Gasteiger charge is 2.45. The van der Waals surface area contributed by atoms with Crippen LogP contribution in [0.4, 0.5) is 4.79 Å². The van der Waals surface area contributed by atoms with Gasteiger partial charge in [-0.1, -0.05) is 0 Å². The maximum absolute atomic E-state index is 12.9. The Kier molecular flexibility index (Phi) is 3.71. The highest BCUT2D eigenvalue weighted by Crippen LogP contribution is 2.33. The average Bonchev–Trinajstić information content (AvgIpc) is 3.04. The summed E-state index contributed by atoms with van der Waals surface area (Å²) in [5, 5.41) is 10.5. The second kappa shape index (κ2) is 5.77. The van der Waals surface area contributed by atoms with E-state index < -0.39 is 5.60 Å². The average molecular weight is 333 g/mol. The van der Waals surface area contributed by atoms with Crippen LogP contribution in [0.2, 0.25) is 0 Å². The van der Waals surface area contributed by atoms with Gasteiger partial charge in [0.15, 0.2) is 5.69 Å². The maximum Gasteiger partial charge on any atom is 0.410 e. The Hall–Kier alpha value is -2.09. The summed E-state index contributed by atoms with van der Waals surface area (Å²) in [4.78, 5) is 28.1. The summed E-state index contributed by atoms with van der Waals surface area (Å²) in [5.41, 5.74) is 2.19. The Morgan fingerprint density at radius 3 is 3.00 bits per heavy atom. The first-order valence-corrected chi connectivity index (χ1v) is 8.58. The van der Waals surface area contributed by atoms with Crippen molar-refractivity contribution in [3.8, 4) is 0 Å². The van der Waals surface area contributed by atoms with Gasteiger partial charge in [0, 0.05) is 38.7 Å². The molecule has 2 fully saturated rings. The molecule has 3 aliphatic heterocycles. The third-order valence-corrected chi connectivity index (χ3v) is 5.33. The second-order valence-corrected chi connectivity index (χ2v) is 7.01. The first kappa shape index (κ1) is 15.4. The van der Waals surface area contributed by atoms with Crippen molar-refractivity contribution in [3.05, 3.63) is 17.0 Å². The van der Waals surface area contributed by atoms with Gasteiger partial charge in [0.25, 0.3) is 5.91 Å². The molecule has 0 radical (unpaired) electrons.